The summed E-state index contributed by atoms with van der Waals surface area (Å²) < 4.78 is 33.6. The molecular weight excluding hydrogens is 328 g/mol. The molecule has 5 nitrogen and oxygen atoms in total. The molecule has 1 aliphatic heterocycles. The van der Waals surface area contributed by atoms with Gasteiger partial charge in [-0.05, 0) is 12.0 Å². The van der Waals surface area contributed by atoms with E-state index >= 15 is 0 Å². The Hall–Kier alpha value is -2.44. The van der Waals surface area contributed by atoms with E-state index in [2.05, 4.69) is 10.4 Å². The van der Waals surface area contributed by atoms with Crippen molar-refractivity contribution < 1.29 is 18.3 Å². The van der Waals surface area contributed by atoms with Crippen molar-refractivity contribution >= 4 is 5.91 Å². The van der Waals surface area contributed by atoms with E-state index in [1.807, 2.05) is 38.1 Å². The van der Waals surface area contributed by atoms with E-state index in [-0.39, 0.29) is 23.2 Å². The van der Waals surface area contributed by atoms with Crippen molar-refractivity contribution in [3.05, 3.63) is 47.3 Å². The number of para-hydroxylation sites is 1. The second-order valence-electron chi connectivity index (χ2n) is 6.55. The monoisotopic (exact) mass is 349 g/mol. The largest absolute Gasteiger partial charge is 0.493 e. The van der Waals surface area contributed by atoms with Gasteiger partial charge in [0.1, 0.15) is 5.75 Å². The Kier molecular flexibility index (Phi) is 5.01. The first-order valence-corrected chi connectivity index (χ1v) is 8.33. The molecule has 0 radical (unpaired) electrons. The maximum absolute atomic E-state index is 13.3. The van der Waals surface area contributed by atoms with Gasteiger partial charge in [-0.1, -0.05) is 32.0 Å². The number of fused-ring (bicyclic) bond motifs is 1. The van der Waals surface area contributed by atoms with Gasteiger partial charge in [0.25, 0.3) is 12.3 Å². The third-order valence-electron chi connectivity index (χ3n) is 4.06. The highest BCUT2D eigenvalue weighted by Gasteiger charge is 2.28. The van der Waals surface area contributed by atoms with Crippen molar-refractivity contribution in [1.29, 1.82) is 0 Å². The number of ether oxygens (including phenoxy) is 1. The molecule has 0 bridgehead atoms. The maximum atomic E-state index is 13.3. The molecule has 0 spiro atoms. The zero-order chi connectivity index (χ0) is 18.0. The lowest BCUT2D eigenvalue weighted by atomic mass is 10.0. The summed E-state index contributed by atoms with van der Waals surface area (Å²) in [6.07, 6.45) is -0.902. The minimum absolute atomic E-state index is 0.209. The SMILES string of the molecule is CC(C)Cn1cc(C(F)F)c(C(=O)NC2CCOc3ccccc32)n1. The van der Waals surface area contributed by atoms with Crippen LogP contribution >= 0.6 is 0 Å². The zero-order valence-electron chi connectivity index (χ0n) is 14.2. The van der Waals surface area contributed by atoms with Gasteiger partial charge in [0.15, 0.2) is 5.69 Å². The van der Waals surface area contributed by atoms with Crippen LogP contribution in [0.5, 0.6) is 5.75 Å². The van der Waals surface area contributed by atoms with Crippen molar-refractivity contribution in [2.75, 3.05) is 6.61 Å². The van der Waals surface area contributed by atoms with Crippen LogP contribution in [0.1, 0.15) is 54.4 Å². The normalized spacial score (nSPS) is 16.6. The molecule has 25 heavy (non-hydrogen) atoms. The number of nitrogens with zero attached hydrogens (tertiary/aromatic N) is 2. The highest BCUT2D eigenvalue weighted by Crippen LogP contribution is 2.32. The summed E-state index contributed by atoms with van der Waals surface area (Å²) in [6.45, 7) is 4.86. The minimum Gasteiger partial charge on any atom is -0.493 e. The highest BCUT2D eigenvalue weighted by atomic mass is 19.3. The van der Waals surface area contributed by atoms with Gasteiger partial charge in [-0.15, -0.1) is 0 Å². The predicted molar refractivity (Wildman–Crippen MR) is 88.8 cm³/mol. The van der Waals surface area contributed by atoms with Crippen molar-refractivity contribution in [3.63, 3.8) is 0 Å². The quantitative estimate of drug-likeness (QED) is 0.895. The Morgan fingerprint density at radius 1 is 1.40 bits per heavy atom. The van der Waals surface area contributed by atoms with Crippen LogP contribution in [-0.4, -0.2) is 22.3 Å². The molecule has 7 heteroatoms. The molecule has 0 saturated heterocycles. The van der Waals surface area contributed by atoms with Crippen molar-refractivity contribution in [3.8, 4) is 5.75 Å². The lowest BCUT2D eigenvalue weighted by Crippen LogP contribution is -2.33. The molecule has 1 amide bonds. The van der Waals surface area contributed by atoms with Gasteiger partial charge in [0, 0.05) is 24.7 Å². The average Bonchev–Trinajstić information content (AvgIpc) is 2.99. The molecule has 1 unspecified atom stereocenters. The second kappa shape index (κ2) is 7.21. The van der Waals surface area contributed by atoms with Crippen LogP contribution in [0.4, 0.5) is 8.78 Å². The van der Waals surface area contributed by atoms with E-state index in [1.54, 1.807) is 0 Å². The molecular formula is C18H21F2N3O2. The van der Waals surface area contributed by atoms with Gasteiger partial charge in [0.05, 0.1) is 18.2 Å². The molecule has 2 heterocycles. The second-order valence-corrected chi connectivity index (χ2v) is 6.55. The molecule has 2 aromatic rings. The summed E-state index contributed by atoms with van der Waals surface area (Å²) >= 11 is 0. The fraction of sp³-hybridized carbons (Fsp3) is 0.444. The molecule has 3 rings (SSSR count). The van der Waals surface area contributed by atoms with E-state index in [4.69, 9.17) is 4.74 Å². The average molecular weight is 349 g/mol. The number of carbonyl (C=O) groups excluding carboxylic acids is 1. The molecule has 134 valence electrons. The first kappa shape index (κ1) is 17.4. The molecule has 0 aliphatic carbocycles. The number of halogens is 2. The van der Waals surface area contributed by atoms with E-state index < -0.39 is 12.3 Å². The van der Waals surface area contributed by atoms with Gasteiger partial charge in [-0.2, -0.15) is 5.10 Å². The zero-order valence-corrected chi connectivity index (χ0v) is 14.2. The number of alkyl halides is 2. The Bertz CT molecular complexity index is 759. The summed E-state index contributed by atoms with van der Waals surface area (Å²) in [5, 5.41) is 6.91. The van der Waals surface area contributed by atoms with Crippen LogP contribution in [0.25, 0.3) is 0 Å². The molecule has 1 aliphatic rings. The van der Waals surface area contributed by atoms with Crippen molar-refractivity contribution in [2.45, 2.75) is 39.3 Å². The predicted octanol–water partition coefficient (Wildman–Crippen LogP) is 3.73. The van der Waals surface area contributed by atoms with Gasteiger partial charge >= 0.3 is 0 Å². The Balaban J connectivity index is 1.83. The molecule has 1 aromatic heterocycles. The number of rotatable bonds is 5. The van der Waals surface area contributed by atoms with Crippen LogP contribution in [0.2, 0.25) is 0 Å². The number of carbonyl (C=O) groups is 1. The number of benzene rings is 1. The summed E-state index contributed by atoms with van der Waals surface area (Å²) in [7, 11) is 0. The molecule has 0 saturated carbocycles. The Labute approximate surface area is 145 Å². The van der Waals surface area contributed by atoms with E-state index in [9.17, 15) is 13.6 Å². The van der Waals surface area contributed by atoms with Crippen LogP contribution < -0.4 is 10.1 Å². The van der Waals surface area contributed by atoms with Gasteiger partial charge in [0.2, 0.25) is 0 Å². The number of amides is 1. The minimum atomic E-state index is -2.75. The van der Waals surface area contributed by atoms with Gasteiger partial charge in [-0.25, -0.2) is 8.78 Å². The highest BCUT2D eigenvalue weighted by molar-refractivity contribution is 5.94. The van der Waals surface area contributed by atoms with E-state index in [0.717, 1.165) is 5.56 Å². The lowest BCUT2D eigenvalue weighted by Gasteiger charge is -2.26. The van der Waals surface area contributed by atoms with Crippen LogP contribution in [-0.2, 0) is 6.54 Å². The maximum Gasteiger partial charge on any atom is 0.272 e. The molecule has 1 N–H and O–H groups in total. The van der Waals surface area contributed by atoms with Crippen molar-refractivity contribution in [1.82, 2.24) is 15.1 Å². The van der Waals surface area contributed by atoms with E-state index in [1.165, 1.54) is 10.9 Å². The van der Waals surface area contributed by atoms with Crippen LogP contribution in [0.3, 0.4) is 0 Å². The van der Waals surface area contributed by atoms with E-state index in [0.29, 0.717) is 25.3 Å². The Morgan fingerprint density at radius 2 is 2.16 bits per heavy atom. The van der Waals surface area contributed by atoms with Gasteiger partial charge in [-0.3, -0.25) is 9.48 Å². The van der Waals surface area contributed by atoms with Crippen LogP contribution in [0, 0.1) is 5.92 Å². The van der Waals surface area contributed by atoms with Crippen molar-refractivity contribution in [2.24, 2.45) is 5.92 Å². The summed E-state index contributed by atoms with van der Waals surface area (Å²) in [5.74, 6) is 0.363. The van der Waals surface area contributed by atoms with Gasteiger partial charge < -0.3 is 10.1 Å². The number of aromatic nitrogens is 2. The third-order valence-corrected chi connectivity index (χ3v) is 4.06. The first-order chi connectivity index (χ1) is 12.0. The molecule has 1 aromatic carbocycles. The summed E-state index contributed by atoms with van der Waals surface area (Å²) in [5.41, 5.74) is 0.306. The number of hydrogen-bond donors (Lipinski definition) is 1. The number of nitrogens with one attached hydrogen (secondary N) is 1. The third kappa shape index (κ3) is 3.81. The molecule has 0 fully saturated rings. The first-order valence-electron chi connectivity index (χ1n) is 8.33. The summed E-state index contributed by atoms with van der Waals surface area (Å²) in [4.78, 5) is 12.6. The Morgan fingerprint density at radius 3 is 2.88 bits per heavy atom. The number of hydrogen-bond acceptors (Lipinski definition) is 3. The fourth-order valence-electron chi connectivity index (χ4n) is 2.96. The fourth-order valence-corrected chi connectivity index (χ4v) is 2.96. The smallest absolute Gasteiger partial charge is 0.272 e. The standard InChI is InChI=1S/C18H21F2N3O2/c1-11(2)9-23-10-13(17(19)20)16(22-23)18(24)21-14-7-8-25-15-6-4-3-5-12(14)15/h3-6,10-11,14,17H,7-9H2,1-2H3,(H,21,24). The van der Waals surface area contributed by atoms with Crippen LogP contribution in [0.15, 0.2) is 30.5 Å². The topological polar surface area (TPSA) is 56.2 Å². The lowest BCUT2D eigenvalue weighted by molar-refractivity contribution is 0.0906. The summed E-state index contributed by atoms with van der Waals surface area (Å²) in [6, 6.07) is 7.12. The molecule has 1 atom stereocenters.